The van der Waals surface area contributed by atoms with Gasteiger partial charge in [-0.15, -0.1) is 0 Å². The van der Waals surface area contributed by atoms with Gasteiger partial charge in [0, 0.05) is 11.8 Å². The zero-order valence-electron chi connectivity index (χ0n) is 17.6. The van der Waals surface area contributed by atoms with Crippen LogP contribution in [-0.2, 0) is 17.8 Å². The molecule has 0 spiro atoms. The van der Waals surface area contributed by atoms with Gasteiger partial charge in [-0.1, -0.05) is 11.1 Å². The highest BCUT2D eigenvalue weighted by Gasteiger charge is 2.24. The van der Waals surface area contributed by atoms with E-state index in [1.807, 2.05) is 13.0 Å². The summed E-state index contributed by atoms with van der Waals surface area (Å²) in [6.45, 7) is 2.56. The molecular weight excluding hydrogens is 414 g/mol. The van der Waals surface area contributed by atoms with Crippen molar-refractivity contribution in [1.82, 2.24) is 14.7 Å². The molecule has 0 atom stereocenters. The molecule has 0 aromatic carbocycles. The zero-order chi connectivity index (χ0) is 22.7. The Morgan fingerprint density at radius 3 is 2.94 bits per heavy atom. The molecule has 0 saturated heterocycles. The Kier molecular flexibility index (Phi) is 6.15. The Bertz CT molecular complexity index is 1330. The van der Waals surface area contributed by atoms with Crippen LogP contribution in [0.4, 0.5) is 5.82 Å². The summed E-state index contributed by atoms with van der Waals surface area (Å²) in [5.41, 5.74) is 7.90. The summed E-state index contributed by atoms with van der Waals surface area (Å²) in [7, 11) is 0. The predicted octanol–water partition coefficient (Wildman–Crippen LogP) is 0.558. The third kappa shape index (κ3) is 4.05. The van der Waals surface area contributed by atoms with E-state index in [4.69, 9.17) is 20.0 Å². The van der Waals surface area contributed by atoms with E-state index >= 15 is 0 Å². The molecule has 166 valence electrons. The van der Waals surface area contributed by atoms with Crippen molar-refractivity contribution in [2.24, 2.45) is 0 Å². The highest BCUT2D eigenvalue weighted by atomic mass is 16.5. The van der Waals surface area contributed by atoms with Crippen LogP contribution in [0.5, 0.6) is 0 Å². The number of hydrogen-bond acceptors (Lipinski definition) is 7. The molecule has 0 aliphatic carbocycles. The first kappa shape index (κ1) is 21.5. The first-order chi connectivity index (χ1) is 15.5. The maximum absolute atomic E-state index is 13.3. The Balaban J connectivity index is 1.84. The molecule has 10 nitrogen and oxygen atoms in total. The number of carbonyl (C=O) groups excluding carboxylic acids is 1. The quantitative estimate of drug-likeness (QED) is 0.208. The van der Waals surface area contributed by atoms with Gasteiger partial charge in [0.15, 0.2) is 0 Å². The largest absolute Gasteiger partial charge is 0.467 e. The van der Waals surface area contributed by atoms with Crippen LogP contribution in [0.15, 0.2) is 52.0 Å². The van der Waals surface area contributed by atoms with Gasteiger partial charge in [-0.25, -0.2) is 4.57 Å². The molecule has 0 aliphatic heterocycles. The molecule has 4 rings (SSSR count). The molecule has 10 heteroatoms. The van der Waals surface area contributed by atoms with E-state index in [2.05, 4.69) is 10.3 Å². The van der Waals surface area contributed by atoms with Crippen LogP contribution in [0.2, 0.25) is 0 Å². The fourth-order valence-corrected chi connectivity index (χ4v) is 3.52. The average molecular weight is 438 g/mol. The van der Waals surface area contributed by atoms with Gasteiger partial charge in [-0.05, 0) is 31.2 Å². The molecule has 0 aliphatic rings. The first-order valence-corrected chi connectivity index (χ1v) is 10.1. The first-order valence-electron chi connectivity index (χ1n) is 10.1. The van der Waals surface area contributed by atoms with Crippen molar-refractivity contribution >= 4 is 28.4 Å². The van der Waals surface area contributed by atoms with Crippen LogP contribution < -0.4 is 21.2 Å². The normalized spacial score (nSPS) is 11.3. The van der Waals surface area contributed by atoms with Crippen molar-refractivity contribution in [3.05, 3.63) is 70.0 Å². The van der Waals surface area contributed by atoms with E-state index in [1.165, 1.54) is 16.7 Å². The van der Waals surface area contributed by atoms with E-state index < -0.39 is 5.91 Å². The number of fused-ring (bicyclic) bond motifs is 2. The monoisotopic (exact) mass is 438 g/mol. The molecule has 4 aromatic rings. The van der Waals surface area contributed by atoms with E-state index in [-0.39, 0.29) is 55.2 Å². The van der Waals surface area contributed by atoms with Crippen molar-refractivity contribution in [2.45, 2.75) is 20.0 Å². The summed E-state index contributed by atoms with van der Waals surface area (Å²) in [4.78, 5) is 30.9. The lowest BCUT2D eigenvalue weighted by Gasteiger charge is -2.12. The van der Waals surface area contributed by atoms with Crippen molar-refractivity contribution < 1.29 is 23.6 Å². The number of nitrogens with two attached hydrogens (primary N) is 1. The summed E-state index contributed by atoms with van der Waals surface area (Å²) in [5, 5.41) is 12.0. The summed E-state index contributed by atoms with van der Waals surface area (Å²) in [6.07, 6.45) is 3.16. The van der Waals surface area contributed by atoms with Crippen LogP contribution in [0.25, 0.3) is 16.7 Å². The molecule has 4 aromatic heterocycles. The number of nitrogens with zero attached hydrogens (tertiary/aromatic N) is 3. The number of aromatic nitrogens is 3. The molecule has 0 radical (unpaired) electrons. The summed E-state index contributed by atoms with van der Waals surface area (Å²) < 4.78 is 13.7. The van der Waals surface area contributed by atoms with Gasteiger partial charge < -0.3 is 25.3 Å². The van der Waals surface area contributed by atoms with Gasteiger partial charge >= 0.3 is 0 Å². The Labute approximate surface area is 182 Å². The third-order valence-electron chi connectivity index (χ3n) is 5.12. The number of aryl methyl sites for hydroxylation is 1. The molecule has 0 saturated carbocycles. The number of amides is 1. The Hall–Kier alpha value is -3.76. The van der Waals surface area contributed by atoms with Gasteiger partial charge in [-0.2, -0.15) is 0 Å². The number of aliphatic hydroxyl groups is 1. The molecule has 1 amide bonds. The SMILES string of the molecule is Cc1cccn2c(=O)c3cc(C(=O)NCc4ccco4)c(N)[n+](CCOCCO)c3nc12. The van der Waals surface area contributed by atoms with Crippen LogP contribution in [0.1, 0.15) is 21.7 Å². The van der Waals surface area contributed by atoms with Crippen molar-refractivity contribution in [3.8, 4) is 0 Å². The average Bonchev–Trinajstić information content (AvgIpc) is 3.31. The standard InChI is InChI=1S/C22H23N5O5/c1-14-4-2-6-27-19(14)25-20-17(22(27)30)12-16(18(23)26(20)7-10-31-11-8-28)21(29)24-13-15-5-3-9-32-15/h2-6,9,12,23,28H,7-8,10-11,13H2,1H3,(H,24,29)/p+1. The summed E-state index contributed by atoms with van der Waals surface area (Å²) in [6, 6.07) is 8.57. The van der Waals surface area contributed by atoms with Gasteiger partial charge in [0.1, 0.15) is 16.7 Å². The predicted molar refractivity (Wildman–Crippen MR) is 116 cm³/mol. The fourth-order valence-electron chi connectivity index (χ4n) is 3.52. The second-order valence-corrected chi connectivity index (χ2v) is 7.23. The lowest BCUT2D eigenvalue weighted by Crippen LogP contribution is -2.44. The topological polar surface area (TPSA) is 136 Å². The van der Waals surface area contributed by atoms with Gasteiger partial charge in [0.05, 0.1) is 39.2 Å². The number of rotatable bonds is 8. The van der Waals surface area contributed by atoms with Crippen molar-refractivity contribution in [1.29, 1.82) is 0 Å². The molecule has 0 unspecified atom stereocenters. The minimum absolute atomic E-state index is 0.112. The number of nitrogens with one attached hydrogen (secondary N) is 1. The highest BCUT2D eigenvalue weighted by Crippen LogP contribution is 2.16. The number of ether oxygens (including phenoxy) is 1. The second kappa shape index (κ2) is 9.16. The van der Waals surface area contributed by atoms with E-state index in [9.17, 15) is 9.59 Å². The van der Waals surface area contributed by atoms with Gasteiger partial charge in [0.25, 0.3) is 17.1 Å². The van der Waals surface area contributed by atoms with Crippen LogP contribution in [0.3, 0.4) is 0 Å². The molecule has 4 N–H and O–H groups in total. The summed E-state index contributed by atoms with van der Waals surface area (Å²) >= 11 is 0. The lowest BCUT2D eigenvalue weighted by molar-refractivity contribution is -0.660. The minimum atomic E-state index is -0.445. The Morgan fingerprint density at radius 1 is 1.34 bits per heavy atom. The maximum Gasteiger partial charge on any atom is 0.278 e. The summed E-state index contributed by atoms with van der Waals surface area (Å²) in [5.74, 6) is 0.303. The van der Waals surface area contributed by atoms with Crippen LogP contribution >= 0.6 is 0 Å². The molecule has 32 heavy (non-hydrogen) atoms. The molecular formula is C22H24N5O5+. The molecule has 0 fully saturated rings. The fraction of sp³-hybridized carbons (Fsp3) is 0.273. The van der Waals surface area contributed by atoms with E-state index in [1.54, 1.807) is 29.0 Å². The van der Waals surface area contributed by atoms with E-state index in [0.717, 1.165) is 5.56 Å². The number of aliphatic hydroxyl groups excluding tert-OH is 1. The number of anilines is 1. The highest BCUT2D eigenvalue weighted by molar-refractivity contribution is 6.00. The van der Waals surface area contributed by atoms with Crippen molar-refractivity contribution in [2.75, 3.05) is 25.6 Å². The minimum Gasteiger partial charge on any atom is -0.467 e. The number of nitrogen functional groups attached to an aromatic ring is 1. The van der Waals surface area contributed by atoms with Crippen LogP contribution in [-0.4, -0.2) is 40.2 Å². The zero-order valence-corrected chi connectivity index (χ0v) is 17.6. The molecule has 0 bridgehead atoms. The molecule has 4 heterocycles. The van der Waals surface area contributed by atoms with Crippen molar-refractivity contribution in [3.63, 3.8) is 0 Å². The van der Waals surface area contributed by atoms with Gasteiger partial charge in [-0.3, -0.25) is 14.0 Å². The number of pyridine rings is 2. The number of carbonyl (C=O) groups is 1. The smallest absolute Gasteiger partial charge is 0.278 e. The van der Waals surface area contributed by atoms with Gasteiger partial charge in [0.2, 0.25) is 11.5 Å². The number of furan rings is 1. The maximum atomic E-state index is 13.3. The van der Waals surface area contributed by atoms with Crippen LogP contribution in [0, 0.1) is 6.92 Å². The van der Waals surface area contributed by atoms with E-state index in [0.29, 0.717) is 17.1 Å². The third-order valence-corrected chi connectivity index (χ3v) is 5.12. The second-order valence-electron chi connectivity index (χ2n) is 7.23. The Morgan fingerprint density at radius 2 is 2.19 bits per heavy atom. The number of hydrogen-bond donors (Lipinski definition) is 3. The lowest BCUT2D eigenvalue weighted by atomic mass is 10.1.